The van der Waals surface area contributed by atoms with E-state index >= 15 is 0 Å². The molecule has 122 valence electrons. The van der Waals surface area contributed by atoms with Crippen molar-refractivity contribution in [1.29, 1.82) is 0 Å². The van der Waals surface area contributed by atoms with Gasteiger partial charge in [0, 0.05) is 18.5 Å². The Hall–Kier alpha value is -2.63. The summed E-state index contributed by atoms with van der Waals surface area (Å²) in [6.45, 7) is 3.78. The van der Waals surface area contributed by atoms with Crippen molar-refractivity contribution in [2.75, 3.05) is 11.9 Å². The second kappa shape index (κ2) is 8.12. The van der Waals surface area contributed by atoms with E-state index in [2.05, 4.69) is 15.0 Å². The lowest BCUT2D eigenvalue weighted by Crippen LogP contribution is -2.42. The fourth-order valence-corrected chi connectivity index (χ4v) is 2.21. The molecule has 2 rings (SSSR count). The Labute approximate surface area is 135 Å². The van der Waals surface area contributed by atoms with Gasteiger partial charge in [0.1, 0.15) is 12.8 Å². The summed E-state index contributed by atoms with van der Waals surface area (Å²) in [5, 5.41) is 6.22. The highest BCUT2D eigenvalue weighted by Gasteiger charge is 2.20. The molecular weight excluding hydrogens is 294 g/mol. The zero-order valence-electron chi connectivity index (χ0n) is 13.4. The van der Waals surface area contributed by atoms with Crippen molar-refractivity contribution >= 4 is 17.6 Å². The van der Waals surface area contributed by atoms with Crippen LogP contribution in [0.2, 0.25) is 0 Å². The minimum Gasteiger partial charge on any atom is -0.363 e. The molecule has 23 heavy (non-hydrogen) atoms. The fraction of sp³-hybridized carbons (Fsp3) is 0.353. The highest BCUT2D eigenvalue weighted by atomic mass is 16.5. The topological polar surface area (TPSA) is 75.4 Å². The molecule has 2 aromatic rings. The van der Waals surface area contributed by atoms with E-state index in [0.717, 1.165) is 5.56 Å². The van der Waals surface area contributed by atoms with E-state index in [9.17, 15) is 9.59 Å². The lowest BCUT2D eigenvalue weighted by molar-refractivity contribution is -0.136. The average Bonchev–Trinajstić information content (AvgIpc) is 3.04. The predicted octanol–water partition coefficient (Wildman–Crippen LogP) is 2.48. The van der Waals surface area contributed by atoms with E-state index in [1.165, 1.54) is 6.26 Å². The van der Waals surface area contributed by atoms with Gasteiger partial charge in [-0.1, -0.05) is 35.5 Å². The monoisotopic (exact) mass is 315 g/mol. The average molecular weight is 315 g/mol. The van der Waals surface area contributed by atoms with Crippen LogP contribution in [0.4, 0.5) is 5.82 Å². The Balaban J connectivity index is 1.89. The smallest absolute Gasteiger partial charge is 0.245 e. The molecule has 0 unspecified atom stereocenters. The quantitative estimate of drug-likeness (QED) is 0.851. The van der Waals surface area contributed by atoms with E-state index in [1.54, 1.807) is 11.0 Å². The molecular formula is C17H21N3O3. The number of anilines is 1. The van der Waals surface area contributed by atoms with Crippen molar-refractivity contribution in [3.05, 3.63) is 48.2 Å². The van der Waals surface area contributed by atoms with Crippen LogP contribution in [-0.4, -0.2) is 34.5 Å². The van der Waals surface area contributed by atoms with Crippen molar-refractivity contribution in [3.8, 4) is 0 Å². The van der Waals surface area contributed by atoms with Crippen LogP contribution in [0.25, 0.3) is 0 Å². The Bertz CT molecular complexity index is 624. The number of carbonyl (C=O) groups is 2. The highest BCUT2D eigenvalue weighted by Crippen LogP contribution is 2.08. The third-order valence-electron chi connectivity index (χ3n) is 3.43. The number of nitrogens with zero attached hydrogens (tertiary/aromatic N) is 2. The molecule has 0 spiro atoms. The van der Waals surface area contributed by atoms with Gasteiger partial charge in [0.15, 0.2) is 5.82 Å². The number of hydrogen-bond acceptors (Lipinski definition) is 4. The van der Waals surface area contributed by atoms with Crippen LogP contribution < -0.4 is 5.32 Å². The second-order valence-electron chi connectivity index (χ2n) is 5.53. The highest BCUT2D eigenvalue weighted by molar-refractivity contribution is 5.93. The molecule has 0 bridgehead atoms. The Kier molecular flexibility index (Phi) is 5.91. The first-order valence-electron chi connectivity index (χ1n) is 7.60. The molecule has 1 aromatic carbocycles. The minimum absolute atomic E-state index is 0.00184. The molecule has 2 amide bonds. The third-order valence-corrected chi connectivity index (χ3v) is 3.43. The largest absolute Gasteiger partial charge is 0.363 e. The van der Waals surface area contributed by atoms with Crippen molar-refractivity contribution in [2.45, 2.75) is 32.7 Å². The number of aryl methyl sites for hydroxylation is 1. The van der Waals surface area contributed by atoms with Crippen molar-refractivity contribution in [3.63, 3.8) is 0 Å². The number of aromatic nitrogens is 1. The lowest BCUT2D eigenvalue weighted by Gasteiger charge is -2.26. The second-order valence-corrected chi connectivity index (χ2v) is 5.53. The first-order chi connectivity index (χ1) is 11.1. The molecule has 1 heterocycles. The van der Waals surface area contributed by atoms with Gasteiger partial charge >= 0.3 is 0 Å². The van der Waals surface area contributed by atoms with Gasteiger partial charge in [-0.2, -0.15) is 0 Å². The van der Waals surface area contributed by atoms with Gasteiger partial charge in [0.2, 0.25) is 11.8 Å². The molecule has 6 nitrogen and oxygen atoms in total. The normalized spacial score (nSPS) is 10.6. The third kappa shape index (κ3) is 5.25. The fourth-order valence-electron chi connectivity index (χ4n) is 2.21. The van der Waals surface area contributed by atoms with Gasteiger partial charge in [0.25, 0.3) is 0 Å². The van der Waals surface area contributed by atoms with Gasteiger partial charge < -0.3 is 14.7 Å². The lowest BCUT2D eigenvalue weighted by atomic mass is 10.1. The van der Waals surface area contributed by atoms with Crippen LogP contribution in [-0.2, 0) is 16.0 Å². The zero-order valence-corrected chi connectivity index (χ0v) is 13.4. The van der Waals surface area contributed by atoms with Crippen LogP contribution in [0.15, 0.2) is 47.2 Å². The summed E-state index contributed by atoms with van der Waals surface area (Å²) in [6.07, 6.45) is 2.41. The number of rotatable bonds is 7. The van der Waals surface area contributed by atoms with Crippen LogP contribution in [0, 0.1) is 0 Å². The predicted molar refractivity (Wildman–Crippen MR) is 86.7 cm³/mol. The summed E-state index contributed by atoms with van der Waals surface area (Å²) in [4.78, 5) is 26.0. The van der Waals surface area contributed by atoms with Crippen molar-refractivity contribution < 1.29 is 14.1 Å². The first-order valence-corrected chi connectivity index (χ1v) is 7.60. The molecule has 0 radical (unpaired) electrons. The molecule has 0 aliphatic carbocycles. The van der Waals surface area contributed by atoms with Crippen LogP contribution in [0.3, 0.4) is 0 Å². The summed E-state index contributed by atoms with van der Waals surface area (Å²) >= 11 is 0. The molecule has 0 fully saturated rings. The summed E-state index contributed by atoms with van der Waals surface area (Å²) in [5.41, 5.74) is 1.11. The number of hydrogen-bond donors (Lipinski definition) is 1. The molecule has 0 aliphatic heterocycles. The molecule has 0 saturated carbocycles. The van der Waals surface area contributed by atoms with E-state index in [0.29, 0.717) is 18.7 Å². The van der Waals surface area contributed by atoms with Gasteiger partial charge in [-0.15, -0.1) is 0 Å². The number of benzene rings is 1. The Morgan fingerprint density at radius 2 is 1.96 bits per heavy atom. The van der Waals surface area contributed by atoms with Crippen LogP contribution >= 0.6 is 0 Å². The maximum absolute atomic E-state index is 12.4. The minimum atomic E-state index is -0.291. The molecule has 0 aliphatic rings. The van der Waals surface area contributed by atoms with Gasteiger partial charge in [0.05, 0.1) is 0 Å². The maximum Gasteiger partial charge on any atom is 0.245 e. The molecule has 6 heteroatoms. The maximum atomic E-state index is 12.4. The summed E-state index contributed by atoms with van der Waals surface area (Å²) in [7, 11) is 0. The standard InChI is InChI=1S/C17H21N3O3/c1-13(2)20(12-16(21)18-15-10-11-23-19-15)17(22)9-8-14-6-4-3-5-7-14/h3-7,10-11,13H,8-9,12H2,1-2H3,(H,18,19,21). The van der Waals surface area contributed by atoms with E-state index < -0.39 is 0 Å². The number of carbonyl (C=O) groups excluding carboxylic acids is 2. The first kappa shape index (κ1) is 16.7. The van der Waals surface area contributed by atoms with Crippen LogP contribution in [0.1, 0.15) is 25.8 Å². The molecule has 0 atom stereocenters. The Morgan fingerprint density at radius 1 is 1.22 bits per heavy atom. The molecule has 1 aromatic heterocycles. The summed E-state index contributed by atoms with van der Waals surface area (Å²) in [6, 6.07) is 11.3. The van der Waals surface area contributed by atoms with Gasteiger partial charge in [-0.05, 0) is 25.8 Å². The van der Waals surface area contributed by atoms with E-state index in [4.69, 9.17) is 0 Å². The van der Waals surface area contributed by atoms with E-state index in [1.807, 2.05) is 44.2 Å². The molecule has 0 saturated heterocycles. The van der Waals surface area contributed by atoms with Gasteiger partial charge in [-0.25, -0.2) is 0 Å². The summed E-state index contributed by atoms with van der Waals surface area (Å²) in [5.74, 6) is 0.00950. The number of amides is 2. The van der Waals surface area contributed by atoms with Gasteiger partial charge in [-0.3, -0.25) is 9.59 Å². The number of nitrogens with one attached hydrogen (secondary N) is 1. The van der Waals surface area contributed by atoms with Crippen molar-refractivity contribution in [1.82, 2.24) is 10.1 Å². The Morgan fingerprint density at radius 3 is 2.57 bits per heavy atom. The van der Waals surface area contributed by atoms with Crippen LogP contribution in [0.5, 0.6) is 0 Å². The SMILES string of the molecule is CC(C)N(CC(=O)Nc1ccon1)C(=O)CCc1ccccc1. The molecule has 1 N–H and O–H groups in total. The zero-order chi connectivity index (χ0) is 16.7. The van der Waals surface area contributed by atoms with E-state index in [-0.39, 0.29) is 24.4 Å². The summed E-state index contributed by atoms with van der Waals surface area (Å²) < 4.78 is 4.66. The van der Waals surface area contributed by atoms with Crippen molar-refractivity contribution in [2.24, 2.45) is 0 Å².